The normalized spacial score (nSPS) is 11.3. The molecule has 5 aromatic rings. The van der Waals surface area contributed by atoms with Gasteiger partial charge in [-0.3, -0.25) is 4.79 Å². The van der Waals surface area contributed by atoms with Crippen molar-refractivity contribution < 1.29 is 4.74 Å². The van der Waals surface area contributed by atoms with Crippen molar-refractivity contribution >= 4 is 28.3 Å². The molecule has 0 fully saturated rings. The predicted octanol–water partition coefficient (Wildman–Crippen LogP) is 4.32. The van der Waals surface area contributed by atoms with Gasteiger partial charge in [0.05, 0.1) is 23.7 Å². The lowest BCUT2D eigenvalue weighted by Crippen LogP contribution is -2.22. The second kappa shape index (κ2) is 8.09. The van der Waals surface area contributed by atoms with E-state index in [2.05, 4.69) is 15.1 Å². The number of hydrogen-bond donors (Lipinski definition) is 0. The molecule has 3 aromatic heterocycles. The highest BCUT2D eigenvalue weighted by molar-refractivity contribution is 6.33. The van der Waals surface area contributed by atoms with Gasteiger partial charge in [0.1, 0.15) is 11.6 Å². The van der Waals surface area contributed by atoms with Crippen LogP contribution < -0.4 is 10.3 Å². The van der Waals surface area contributed by atoms with Crippen LogP contribution in [0.5, 0.6) is 5.75 Å². The maximum atomic E-state index is 13.6. The molecule has 0 spiro atoms. The average molecular weight is 446 g/mol. The quantitative estimate of drug-likeness (QED) is 0.403. The molecule has 0 aliphatic rings. The van der Waals surface area contributed by atoms with Gasteiger partial charge in [-0.25, -0.2) is 4.98 Å². The predicted molar refractivity (Wildman–Crippen MR) is 124 cm³/mol. The Kier molecular flexibility index (Phi) is 5.11. The summed E-state index contributed by atoms with van der Waals surface area (Å²) in [4.78, 5) is 22.6. The molecule has 2 aromatic carbocycles. The van der Waals surface area contributed by atoms with E-state index < -0.39 is 0 Å². The monoisotopic (exact) mass is 445 g/mol. The Morgan fingerprint density at radius 3 is 2.56 bits per heavy atom. The number of methoxy groups -OCH3 is 1. The van der Waals surface area contributed by atoms with Crippen LogP contribution in [0.1, 0.15) is 11.4 Å². The van der Waals surface area contributed by atoms with Crippen molar-refractivity contribution in [2.75, 3.05) is 7.11 Å². The van der Waals surface area contributed by atoms with Gasteiger partial charge >= 0.3 is 0 Å². The molecule has 7 nitrogen and oxygen atoms in total. The topological polar surface area (TPSA) is 74.3 Å². The van der Waals surface area contributed by atoms with Crippen LogP contribution >= 0.6 is 11.6 Å². The third kappa shape index (κ3) is 3.50. The third-order valence-corrected chi connectivity index (χ3v) is 5.77. The number of hydrogen-bond acceptors (Lipinski definition) is 5. The molecule has 0 unspecified atom stereocenters. The summed E-state index contributed by atoms with van der Waals surface area (Å²) in [7, 11) is 1.64. The van der Waals surface area contributed by atoms with Gasteiger partial charge in [-0.1, -0.05) is 41.9 Å². The second-order valence-electron chi connectivity index (χ2n) is 7.48. The Morgan fingerprint density at radius 1 is 1.03 bits per heavy atom. The van der Waals surface area contributed by atoms with Crippen LogP contribution in [0.4, 0.5) is 0 Å². The van der Waals surface area contributed by atoms with E-state index in [9.17, 15) is 4.79 Å². The molecule has 0 saturated heterocycles. The van der Waals surface area contributed by atoms with Crippen molar-refractivity contribution in [2.24, 2.45) is 0 Å². The second-order valence-corrected chi connectivity index (χ2v) is 7.89. The maximum Gasteiger partial charge on any atom is 0.262 e. The first-order valence-electron chi connectivity index (χ1n) is 10.2. The summed E-state index contributed by atoms with van der Waals surface area (Å²) < 4.78 is 8.52. The lowest BCUT2D eigenvalue weighted by atomic mass is 10.1. The summed E-state index contributed by atoms with van der Waals surface area (Å²) in [6, 6.07) is 17.1. The molecule has 3 heterocycles. The van der Waals surface area contributed by atoms with Crippen molar-refractivity contribution in [1.82, 2.24) is 24.1 Å². The van der Waals surface area contributed by atoms with Crippen molar-refractivity contribution in [3.8, 4) is 17.0 Å². The first-order valence-corrected chi connectivity index (χ1v) is 10.6. The third-order valence-electron chi connectivity index (χ3n) is 5.44. The van der Waals surface area contributed by atoms with E-state index in [0.717, 1.165) is 11.3 Å². The molecule has 0 amide bonds. The number of rotatable bonds is 5. The van der Waals surface area contributed by atoms with E-state index in [1.54, 1.807) is 35.4 Å². The van der Waals surface area contributed by atoms with Gasteiger partial charge in [-0.15, -0.1) is 5.10 Å². The van der Waals surface area contributed by atoms with Crippen molar-refractivity contribution in [1.29, 1.82) is 0 Å². The molecule has 0 aliphatic heterocycles. The van der Waals surface area contributed by atoms with E-state index in [4.69, 9.17) is 16.3 Å². The van der Waals surface area contributed by atoms with Crippen LogP contribution in [0.2, 0.25) is 5.02 Å². The van der Waals surface area contributed by atoms with Crippen molar-refractivity contribution in [3.05, 3.63) is 87.6 Å². The zero-order valence-electron chi connectivity index (χ0n) is 17.6. The number of halogens is 1. The minimum Gasteiger partial charge on any atom is -0.497 e. The van der Waals surface area contributed by atoms with Gasteiger partial charge in [0, 0.05) is 23.3 Å². The van der Waals surface area contributed by atoms with Crippen LogP contribution in [0.3, 0.4) is 0 Å². The number of nitrogens with zero attached hydrogens (tertiary/aromatic N) is 5. The number of aryl methyl sites for hydroxylation is 3. The van der Waals surface area contributed by atoms with Gasteiger partial charge in [0.15, 0.2) is 0 Å². The van der Waals surface area contributed by atoms with Crippen molar-refractivity contribution in [2.45, 2.75) is 19.9 Å². The van der Waals surface area contributed by atoms with Crippen LogP contribution in [0.15, 0.2) is 65.6 Å². The average Bonchev–Trinajstić information content (AvgIpc) is 3.18. The molecular weight excluding hydrogens is 426 g/mol. The Hall–Kier alpha value is -3.71. The van der Waals surface area contributed by atoms with Gasteiger partial charge < -0.3 is 9.30 Å². The van der Waals surface area contributed by atoms with Crippen LogP contribution in [0.25, 0.3) is 27.9 Å². The Labute approximate surface area is 188 Å². The number of benzene rings is 2. The summed E-state index contributed by atoms with van der Waals surface area (Å²) >= 11 is 6.52. The summed E-state index contributed by atoms with van der Waals surface area (Å²) in [6.07, 6.45) is 2.48. The van der Waals surface area contributed by atoms with Crippen molar-refractivity contribution in [3.63, 3.8) is 0 Å². The SMILES string of the molecule is COc1ccc(CCn2ccc3nc4nc(C)nn4c(-c4ccccc4Cl)c3c2=O)cc1. The van der Waals surface area contributed by atoms with E-state index >= 15 is 0 Å². The van der Waals surface area contributed by atoms with Crippen LogP contribution in [-0.4, -0.2) is 31.3 Å². The molecule has 0 aliphatic carbocycles. The fourth-order valence-corrected chi connectivity index (χ4v) is 4.07. The highest BCUT2D eigenvalue weighted by Gasteiger charge is 2.19. The highest BCUT2D eigenvalue weighted by Crippen LogP contribution is 2.31. The first-order chi connectivity index (χ1) is 15.5. The molecule has 0 atom stereocenters. The van der Waals surface area contributed by atoms with Crippen LogP contribution in [-0.2, 0) is 13.0 Å². The van der Waals surface area contributed by atoms with Gasteiger partial charge in [-0.05, 0) is 43.2 Å². The summed E-state index contributed by atoms with van der Waals surface area (Å²) in [5, 5.41) is 5.48. The maximum absolute atomic E-state index is 13.6. The van der Waals surface area contributed by atoms with Gasteiger partial charge in [-0.2, -0.15) is 9.50 Å². The summed E-state index contributed by atoms with van der Waals surface area (Å²) in [6.45, 7) is 2.32. The van der Waals surface area contributed by atoms with Gasteiger partial charge in [0.25, 0.3) is 11.3 Å². The van der Waals surface area contributed by atoms with E-state index in [1.807, 2.05) is 48.5 Å². The summed E-state index contributed by atoms with van der Waals surface area (Å²) in [5.41, 5.74) is 2.84. The first kappa shape index (κ1) is 20.2. The largest absolute Gasteiger partial charge is 0.497 e. The number of fused-ring (bicyclic) bond motifs is 2. The molecule has 160 valence electrons. The molecule has 8 heteroatoms. The smallest absolute Gasteiger partial charge is 0.262 e. The van der Waals surface area contributed by atoms with E-state index in [1.165, 1.54) is 0 Å². The number of pyridine rings is 1. The zero-order chi connectivity index (χ0) is 22.2. The fraction of sp³-hybridized carbons (Fsp3) is 0.167. The lowest BCUT2D eigenvalue weighted by Gasteiger charge is -2.12. The van der Waals surface area contributed by atoms with Gasteiger partial charge in [0.2, 0.25) is 0 Å². The zero-order valence-corrected chi connectivity index (χ0v) is 18.4. The Bertz CT molecular complexity index is 1510. The lowest BCUT2D eigenvalue weighted by molar-refractivity contribution is 0.414. The minimum absolute atomic E-state index is 0.145. The molecule has 0 radical (unpaired) electrons. The van der Waals surface area contributed by atoms with E-state index in [0.29, 0.717) is 51.8 Å². The molecule has 32 heavy (non-hydrogen) atoms. The summed E-state index contributed by atoms with van der Waals surface area (Å²) in [5.74, 6) is 1.81. The molecule has 0 saturated carbocycles. The highest BCUT2D eigenvalue weighted by atomic mass is 35.5. The fourth-order valence-electron chi connectivity index (χ4n) is 3.84. The number of aromatic nitrogens is 5. The Balaban J connectivity index is 1.67. The Morgan fingerprint density at radius 2 is 1.81 bits per heavy atom. The standard InChI is InChI=1S/C24H20ClN5O2/c1-15-26-24-27-20-12-14-29(13-11-16-7-9-17(32-2)10-8-16)23(31)21(20)22(30(24)28-15)18-5-3-4-6-19(18)25/h3-10,12,14H,11,13H2,1-2H3. The molecule has 0 bridgehead atoms. The molecular formula is C24H20ClN5O2. The van der Waals surface area contributed by atoms with Crippen LogP contribution in [0, 0.1) is 6.92 Å². The molecule has 0 N–H and O–H groups in total. The van der Waals surface area contributed by atoms with E-state index in [-0.39, 0.29) is 5.56 Å². The molecule has 5 rings (SSSR count). The number of ether oxygens (including phenoxy) is 1. The minimum atomic E-state index is -0.145.